The van der Waals surface area contributed by atoms with Crippen LogP contribution in [0.5, 0.6) is 17.2 Å². The molecule has 9 nitrogen and oxygen atoms in total. The summed E-state index contributed by atoms with van der Waals surface area (Å²) in [7, 11) is 4.62. The summed E-state index contributed by atoms with van der Waals surface area (Å²) in [5.74, 6) is 1.54. The fourth-order valence-corrected chi connectivity index (χ4v) is 3.14. The third-order valence-corrected chi connectivity index (χ3v) is 4.88. The molecule has 1 heterocycles. The van der Waals surface area contributed by atoms with Crippen molar-refractivity contribution in [2.24, 2.45) is 0 Å². The van der Waals surface area contributed by atoms with Gasteiger partial charge >= 0.3 is 0 Å². The molecular formula is C20H20N4O5S. The number of rotatable bonds is 8. The lowest BCUT2D eigenvalue weighted by Crippen LogP contribution is -2.17. The molecular weight excluding hydrogens is 408 g/mol. The van der Waals surface area contributed by atoms with Crippen molar-refractivity contribution in [3.05, 3.63) is 52.8 Å². The smallest absolute Gasteiger partial charge is 0.278 e. The van der Waals surface area contributed by atoms with Crippen LogP contribution >= 0.6 is 11.8 Å². The van der Waals surface area contributed by atoms with Gasteiger partial charge in [0.15, 0.2) is 10.9 Å². The minimum atomic E-state index is -0.393. The summed E-state index contributed by atoms with van der Waals surface area (Å²) < 4.78 is 15.5. The van der Waals surface area contributed by atoms with E-state index < -0.39 is 5.56 Å². The molecule has 3 rings (SSSR count). The van der Waals surface area contributed by atoms with E-state index in [0.29, 0.717) is 28.5 Å². The lowest BCUT2D eigenvalue weighted by Gasteiger charge is -2.09. The van der Waals surface area contributed by atoms with E-state index >= 15 is 0 Å². The van der Waals surface area contributed by atoms with Gasteiger partial charge in [-0.15, -0.1) is 10.2 Å². The number of ether oxygens (including phenoxy) is 3. The largest absolute Gasteiger partial charge is 0.497 e. The fraction of sp³-hybridized carbons (Fsp3) is 0.200. The van der Waals surface area contributed by atoms with Crippen molar-refractivity contribution >= 4 is 23.4 Å². The quantitative estimate of drug-likeness (QED) is 0.526. The summed E-state index contributed by atoms with van der Waals surface area (Å²) in [4.78, 5) is 27.2. The molecule has 0 radical (unpaired) electrons. The number of aromatic nitrogens is 3. The van der Waals surface area contributed by atoms with Crippen LogP contribution in [0.25, 0.3) is 11.3 Å². The van der Waals surface area contributed by atoms with E-state index in [9.17, 15) is 9.59 Å². The zero-order chi connectivity index (χ0) is 21.5. The third kappa shape index (κ3) is 5.29. The first-order valence-electron chi connectivity index (χ1n) is 8.79. The molecule has 2 aromatic carbocycles. The Morgan fingerprint density at radius 1 is 0.967 bits per heavy atom. The highest BCUT2D eigenvalue weighted by Crippen LogP contribution is 2.26. The molecule has 0 aliphatic rings. The van der Waals surface area contributed by atoms with Gasteiger partial charge in [0.1, 0.15) is 17.2 Å². The molecule has 2 N–H and O–H groups in total. The molecule has 1 amide bonds. The second-order valence-electron chi connectivity index (χ2n) is 5.97. The maximum Gasteiger partial charge on any atom is 0.278 e. The molecule has 30 heavy (non-hydrogen) atoms. The summed E-state index contributed by atoms with van der Waals surface area (Å²) in [5.41, 5.74) is 0.947. The highest BCUT2D eigenvalue weighted by molar-refractivity contribution is 7.99. The van der Waals surface area contributed by atoms with Crippen molar-refractivity contribution in [2.45, 2.75) is 5.16 Å². The molecule has 0 atom stereocenters. The summed E-state index contributed by atoms with van der Waals surface area (Å²) >= 11 is 1.07. The van der Waals surface area contributed by atoms with E-state index in [1.54, 1.807) is 49.6 Å². The second kappa shape index (κ2) is 9.79. The van der Waals surface area contributed by atoms with Gasteiger partial charge in [0, 0.05) is 29.4 Å². The Hall–Kier alpha value is -3.53. The first kappa shape index (κ1) is 21.2. The molecule has 1 aromatic heterocycles. The molecule has 0 unspecified atom stereocenters. The number of nitrogens with zero attached hydrogens (tertiary/aromatic N) is 2. The van der Waals surface area contributed by atoms with Gasteiger partial charge in [-0.2, -0.15) is 0 Å². The molecule has 0 aliphatic heterocycles. The van der Waals surface area contributed by atoms with Gasteiger partial charge in [-0.25, -0.2) is 0 Å². The van der Waals surface area contributed by atoms with Gasteiger partial charge < -0.3 is 19.5 Å². The van der Waals surface area contributed by atoms with E-state index in [1.807, 2.05) is 0 Å². The first-order valence-corrected chi connectivity index (χ1v) is 9.78. The topological polar surface area (TPSA) is 115 Å². The van der Waals surface area contributed by atoms with E-state index in [0.717, 1.165) is 11.8 Å². The maximum atomic E-state index is 12.3. The molecule has 0 spiro atoms. The monoisotopic (exact) mass is 428 g/mol. The van der Waals surface area contributed by atoms with Gasteiger partial charge in [-0.1, -0.05) is 11.8 Å². The molecule has 0 bridgehead atoms. The number of methoxy groups -OCH3 is 3. The lowest BCUT2D eigenvalue weighted by molar-refractivity contribution is -0.113. The number of aromatic amines is 1. The Kier molecular flexibility index (Phi) is 6.91. The minimum absolute atomic E-state index is 0.0338. The van der Waals surface area contributed by atoms with Crippen molar-refractivity contribution < 1.29 is 19.0 Å². The number of benzene rings is 2. The van der Waals surface area contributed by atoms with Crippen LogP contribution in [0.15, 0.2) is 52.4 Å². The number of hydrogen-bond donors (Lipinski definition) is 2. The van der Waals surface area contributed by atoms with E-state index in [-0.39, 0.29) is 22.5 Å². The van der Waals surface area contributed by atoms with Crippen molar-refractivity contribution in [1.29, 1.82) is 0 Å². The van der Waals surface area contributed by atoms with Gasteiger partial charge in [-0.3, -0.25) is 14.6 Å². The first-order chi connectivity index (χ1) is 14.5. The predicted octanol–water partition coefficient (Wildman–Crippen LogP) is 2.59. The average Bonchev–Trinajstić information content (AvgIpc) is 2.77. The Bertz CT molecular complexity index is 1060. The second-order valence-corrected chi connectivity index (χ2v) is 6.94. The maximum absolute atomic E-state index is 12.3. The van der Waals surface area contributed by atoms with Crippen LogP contribution in [0.1, 0.15) is 0 Å². The average molecular weight is 428 g/mol. The molecule has 0 saturated heterocycles. The predicted molar refractivity (Wildman–Crippen MR) is 114 cm³/mol. The van der Waals surface area contributed by atoms with Crippen LogP contribution in [0.4, 0.5) is 5.69 Å². The van der Waals surface area contributed by atoms with Crippen LogP contribution in [0.3, 0.4) is 0 Å². The van der Waals surface area contributed by atoms with E-state index in [1.165, 1.54) is 14.2 Å². The summed E-state index contributed by atoms with van der Waals surface area (Å²) in [6.07, 6.45) is 0. The molecule has 0 saturated carbocycles. The van der Waals surface area contributed by atoms with E-state index in [4.69, 9.17) is 14.2 Å². The minimum Gasteiger partial charge on any atom is -0.497 e. The molecule has 10 heteroatoms. The third-order valence-electron chi connectivity index (χ3n) is 4.02. The Morgan fingerprint density at radius 3 is 2.17 bits per heavy atom. The highest BCUT2D eigenvalue weighted by atomic mass is 32.2. The Balaban J connectivity index is 1.63. The molecule has 156 valence electrons. The van der Waals surface area contributed by atoms with Crippen molar-refractivity contribution in [3.63, 3.8) is 0 Å². The summed E-state index contributed by atoms with van der Waals surface area (Å²) in [6, 6.07) is 12.0. The number of carbonyl (C=O) groups is 1. The van der Waals surface area contributed by atoms with Crippen LogP contribution in [0.2, 0.25) is 0 Å². The van der Waals surface area contributed by atoms with Crippen LogP contribution in [0, 0.1) is 0 Å². The number of hydrogen-bond acceptors (Lipinski definition) is 8. The van der Waals surface area contributed by atoms with Gasteiger partial charge in [0.25, 0.3) is 5.56 Å². The number of nitrogens with one attached hydrogen (secondary N) is 2. The SMILES string of the molecule is COc1ccc(-c2nnc(SCC(=O)Nc3cc(OC)cc(OC)c3)[nH]c2=O)cc1. The molecule has 3 aromatic rings. The lowest BCUT2D eigenvalue weighted by atomic mass is 10.1. The zero-order valence-electron chi connectivity index (χ0n) is 16.6. The van der Waals surface area contributed by atoms with Crippen LogP contribution in [-0.4, -0.2) is 48.2 Å². The van der Waals surface area contributed by atoms with Crippen molar-refractivity contribution in [2.75, 3.05) is 32.4 Å². The van der Waals surface area contributed by atoms with Crippen LogP contribution in [-0.2, 0) is 4.79 Å². The molecule has 0 fully saturated rings. The number of anilines is 1. The molecule has 0 aliphatic carbocycles. The van der Waals surface area contributed by atoms with Gasteiger partial charge in [-0.05, 0) is 24.3 Å². The fourth-order valence-electron chi connectivity index (χ4n) is 2.54. The number of thioether (sulfide) groups is 1. The van der Waals surface area contributed by atoms with Crippen molar-refractivity contribution in [1.82, 2.24) is 15.2 Å². The van der Waals surface area contributed by atoms with Gasteiger partial charge in [0.2, 0.25) is 5.91 Å². The van der Waals surface area contributed by atoms with Crippen molar-refractivity contribution in [3.8, 4) is 28.5 Å². The summed E-state index contributed by atoms with van der Waals surface area (Å²) in [6.45, 7) is 0. The van der Waals surface area contributed by atoms with Gasteiger partial charge in [0.05, 0.1) is 27.1 Å². The standard InChI is InChI=1S/C20H20N4O5S/c1-27-14-6-4-12(5-7-14)18-19(26)22-20(24-23-18)30-11-17(25)21-13-8-15(28-2)10-16(9-13)29-3/h4-10H,11H2,1-3H3,(H,21,25)(H,22,24,26). The van der Waals surface area contributed by atoms with Crippen LogP contribution < -0.4 is 25.1 Å². The summed E-state index contributed by atoms with van der Waals surface area (Å²) in [5, 5.41) is 11.0. The number of H-pyrrole nitrogens is 1. The Labute approximate surface area is 176 Å². The number of amides is 1. The zero-order valence-corrected chi connectivity index (χ0v) is 17.4. The van der Waals surface area contributed by atoms with E-state index in [2.05, 4.69) is 20.5 Å². The number of carbonyl (C=O) groups excluding carboxylic acids is 1. The Morgan fingerprint density at radius 2 is 1.60 bits per heavy atom. The highest BCUT2D eigenvalue weighted by Gasteiger charge is 2.11. The normalized spacial score (nSPS) is 10.4.